The van der Waals surface area contributed by atoms with Crippen molar-refractivity contribution in [2.75, 3.05) is 7.11 Å². The van der Waals surface area contributed by atoms with Crippen LogP contribution in [0.15, 0.2) is 35.4 Å². The summed E-state index contributed by atoms with van der Waals surface area (Å²) in [5.41, 5.74) is 2.95. The largest absolute Gasteiger partial charge is 0.452 e. The van der Waals surface area contributed by atoms with Crippen molar-refractivity contribution in [3.8, 4) is 0 Å². The molecular formula is C11H12N2O3. The Balaban J connectivity index is 2.92. The molecule has 1 aromatic rings. The van der Waals surface area contributed by atoms with Gasteiger partial charge in [-0.3, -0.25) is 4.79 Å². The smallest absolute Gasteiger partial charge is 0.427 e. The van der Waals surface area contributed by atoms with E-state index in [2.05, 4.69) is 15.3 Å². The van der Waals surface area contributed by atoms with Gasteiger partial charge in [0.05, 0.1) is 7.11 Å². The second-order valence-electron chi connectivity index (χ2n) is 2.99. The van der Waals surface area contributed by atoms with Crippen LogP contribution >= 0.6 is 0 Å². The number of ether oxygens (including phenoxy) is 1. The molecule has 0 radical (unpaired) electrons. The van der Waals surface area contributed by atoms with Crippen LogP contribution in [0, 0.1) is 0 Å². The molecule has 0 aliphatic rings. The zero-order valence-corrected chi connectivity index (χ0v) is 9.06. The molecular weight excluding hydrogens is 208 g/mol. The fourth-order valence-corrected chi connectivity index (χ4v) is 1.09. The number of hydrazone groups is 1. The molecule has 1 amide bonds. The summed E-state index contributed by atoms with van der Waals surface area (Å²) in [6, 6.07) is 8.87. The molecule has 0 unspecified atom stereocenters. The second-order valence-corrected chi connectivity index (χ2v) is 2.99. The van der Waals surface area contributed by atoms with Crippen LogP contribution in [-0.2, 0) is 9.53 Å². The first-order valence-electron chi connectivity index (χ1n) is 4.63. The summed E-state index contributed by atoms with van der Waals surface area (Å²) in [6.45, 7) is 1.38. The standard InChI is InChI=1S/C11H12N2O3/c1-8(14)10(12-13-11(15)16-2)9-6-4-3-5-7-9/h3-7H,1-2H3,(H,13,15)/b12-10+. The third kappa shape index (κ3) is 3.20. The van der Waals surface area contributed by atoms with Gasteiger partial charge < -0.3 is 4.74 Å². The minimum atomic E-state index is -0.713. The molecule has 1 aromatic carbocycles. The topological polar surface area (TPSA) is 67.8 Å². The summed E-state index contributed by atoms with van der Waals surface area (Å²) in [6.07, 6.45) is -0.713. The summed E-state index contributed by atoms with van der Waals surface area (Å²) in [5.74, 6) is -0.234. The van der Waals surface area contributed by atoms with Gasteiger partial charge in [0.1, 0.15) is 5.71 Å². The molecule has 0 heterocycles. The van der Waals surface area contributed by atoms with Crippen LogP contribution in [0.1, 0.15) is 12.5 Å². The molecule has 1 rings (SSSR count). The number of nitrogens with one attached hydrogen (secondary N) is 1. The molecule has 0 aliphatic heterocycles. The van der Waals surface area contributed by atoms with Gasteiger partial charge in [-0.1, -0.05) is 30.3 Å². The number of Topliss-reactive ketones (excluding diaryl/α,β-unsaturated/α-hetero) is 1. The quantitative estimate of drug-likeness (QED) is 0.617. The number of hydrogen-bond acceptors (Lipinski definition) is 4. The number of amides is 1. The summed E-state index contributed by atoms with van der Waals surface area (Å²) in [5, 5.41) is 3.71. The van der Waals surface area contributed by atoms with E-state index in [-0.39, 0.29) is 11.5 Å². The Morgan fingerprint density at radius 3 is 2.38 bits per heavy atom. The van der Waals surface area contributed by atoms with Crippen LogP contribution in [0.5, 0.6) is 0 Å². The molecule has 1 N–H and O–H groups in total. The Morgan fingerprint density at radius 2 is 1.88 bits per heavy atom. The predicted molar refractivity (Wildman–Crippen MR) is 59.2 cm³/mol. The van der Waals surface area contributed by atoms with E-state index in [1.54, 1.807) is 24.3 Å². The SMILES string of the molecule is COC(=O)N/N=C(\C(C)=O)c1ccccc1. The highest BCUT2D eigenvalue weighted by Gasteiger charge is 2.09. The first kappa shape index (κ1) is 11.9. The average molecular weight is 220 g/mol. The van der Waals surface area contributed by atoms with Gasteiger partial charge in [0.2, 0.25) is 0 Å². The van der Waals surface area contributed by atoms with Gasteiger partial charge in [-0.05, 0) is 0 Å². The lowest BCUT2D eigenvalue weighted by atomic mass is 10.1. The van der Waals surface area contributed by atoms with Gasteiger partial charge in [0, 0.05) is 12.5 Å². The Kier molecular flexibility index (Phi) is 4.20. The number of rotatable bonds is 3. The van der Waals surface area contributed by atoms with Gasteiger partial charge in [0.25, 0.3) is 0 Å². The maximum Gasteiger partial charge on any atom is 0.427 e. The van der Waals surface area contributed by atoms with E-state index in [1.807, 2.05) is 6.07 Å². The maximum atomic E-state index is 11.3. The van der Waals surface area contributed by atoms with Crippen molar-refractivity contribution >= 4 is 17.6 Å². The minimum Gasteiger partial charge on any atom is -0.452 e. The van der Waals surface area contributed by atoms with E-state index in [9.17, 15) is 9.59 Å². The van der Waals surface area contributed by atoms with Crippen molar-refractivity contribution in [1.29, 1.82) is 0 Å². The maximum absolute atomic E-state index is 11.3. The molecule has 16 heavy (non-hydrogen) atoms. The highest BCUT2D eigenvalue weighted by molar-refractivity contribution is 6.45. The van der Waals surface area contributed by atoms with Crippen LogP contribution < -0.4 is 5.43 Å². The van der Waals surface area contributed by atoms with E-state index < -0.39 is 6.09 Å². The van der Waals surface area contributed by atoms with E-state index >= 15 is 0 Å². The Bertz CT molecular complexity index is 412. The number of ketones is 1. The first-order chi connectivity index (χ1) is 7.65. The van der Waals surface area contributed by atoms with Gasteiger partial charge in [-0.2, -0.15) is 5.10 Å². The van der Waals surface area contributed by atoms with Crippen LogP contribution in [-0.4, -0.2) is 24.7 Å². The van der Waals surface area contributed by atoms with E-state index in [0.29, 0.717) is 5.56 Å². The molecule has 0 atom stereocenters. The molecule has 84 valence electrons. The summed E-state index contributed by atoms with van der Waals surface area (Å²) in [4.78, 5) is 22.1. The molecule has 0 saturated carbocycles. The molecule has 0 fully saturated rings. The van der Waals surface area contributed by atoms with E-state index in [4.69, 9.17) is 0 Å². The van der Waals surface area contributed by atoms with Crippen LogP contribution in [0.25, 0.3) is 0 Å². The predicted octanol–water partition coefficient (Wildman–Crippen LogP) is 1.34. The third-order valence-corrected chi connectivity index (χ3v) is 1.83. The van der Waals surface area contributed by atoms with Crippen molar-refractivity contribution in [3.63, 3.8) is 0 Å². The van der Waals surface area contributed by atoms with Crippen molar-refractivity contribution in [2.45, 2.75) is 6.92 Å². The number of methoxy groups -OCH3 is 1. The van der Waals surface area contributed by atoms with Crippen molar-refractivity contribution < 1.29 is 14.3 Å². The molecule has 0 bridgehead atoms. The van der Waals surface area contributed by atoms with E-state index in [0.717, 1.165) is 0 Å². The van der Waals surface area contributed by atoms with Crippen molar-refractivity contribution in [1.82, 2.24) is 5.43 Å². The van der Waals surface area contributed by atoms with Crippen molar-refractivity contribution in [2.24, 2.45) is 5.10 Å². The van der Waals surface area contributed by atoms with Crippen LogP contribution in [0.2, 0.25) is 0 Å². The number of benzene rings is 1. The zero-order chi connectivity index (χ0) is 12.0. The third-order valence-electron chi connectivity index (χ3n) is 1.83. The Morgan fingerprint density at radius 1 is 1.25 bits per heavy atom. The molecule has 0 aromatic heterocycles. The second kappa shape index (κ2) is 5.65. The van der Waals surface area contributed by atoms with Crippen molar-refractivity contribution in [3.05, 3.63) is 35.9 Å². The van der Waals surface area contributed by atoms with Gasteiger partial charge in [-0.25, -0.2) is 10.2 Å². The van der Waals surface area contributed by atoms with E-state index in [1.165, 1.54) is 14.0 Å². The number of hydrogen-bond donors (Lipinski definition) is 1. The summed E-state index contributed by atoms with van der Waals surface area (Å²) < 4.78 is 4.35. The average Bonchev–Trinajstić information content (AvgIpc) is 2.30. The number of nitrogens with zero attached hydrogens (tertiary/aromatic N) is 1. The first-order valence-corrected chi connectivity index (χ1v) is 4.63. The number of carbonyl (C=O) groups is 2. The molecule has 0 spiro atoms. The summed E-state index contributed by atoms with van der Waals surface area (Å²) in [7, 11) is 1.22. The minimum absolute atomic E-state index is 0.186. The summed E-state index contributed by atoms with van der Waals surface area (Å²) >= 11 is 0. The lowest BCUT2D eigenvalue weighted by Gasteiger charge is -2.03. The van der Waals surface area contributed by atoms with Crippen LogP contribution in [0.4, 0.5) is 4.79 Å². The van der Waals surface area contributed by atoms with Gasteiger partial charge in [0.15, 0.2) is 5.78 Å². The fraction of sp³-hybridized carbons (Fsp3) is 0.182. The highest BCUT2D eigenvalue weighted by atomic mass is 16.5. The Hall–Kier alpha value is -2.17. The monoisotopic (exact) mass is 220 g/mol. The van der Waals surface area contributed by atoms with Gasteiger partial charge in [-0.15, -0.1) is 0 Å². The normalized spacial score (nSPS) is 10.8. The van der Waals surface area contributed by atoms with Gasteiger partial charge >= 0.3 is 6.09 Å². The molecule has 5 heteroatoms. The number of carbonyl (C=O) groups excluding carboxylic acids is 2. The fourth-order valence-electron chi connectivity index (χ4n) is 1.09. The lowest BCUT2D eigenvalue weighted by molar-refractivity contribution is -0.111. The highest BCUT2D eigenvalue weighted by Crippen LogP contribution is 2.01. The molecule has 0 saturated heterocycles. The lowest BCUT2D eigenvalue weighted by Crippen LogP contribution is -2.22. The molecule has 0 aliphatic carbocycles. The zero-order valence-electron chi connectivity index (χ0n) is 9.06. The van der Waals surface area contributed by atoms with Crippen LogP contribution in [0.3, 0.4) is 0 Å². The molecule has 5 nitrogen and oxygen atoms in total. The Labute approximate surface area is 93.1 Å².